The molecule has 2 heterocycles. The number of ether oxygens (including phenoxy) is 1. The molecule has 0 spiro atoms. The number of nitrogens with zero attached hydrogens (tertiary/aromatic N) is 3. The zero-order chi connectivity index (χ0) is 12.3. The van der Waals surface area contributed by atoms with E-state index in [-0.39, 0.29) is 5.15 Å². The van der Waals surface area contributed by atoms with Gasteiger partial charge in [-0.2, -0.15) is 0 Å². The molecule has 0 atom stereocenters. The van der Waals surface area contributed by atoms with E-state index in [9.17, 15) is 0 Å². The molecule has 0 saturated heterocycles. The molecule has 0 bridgehead atoms. The van der Waals surface area contributed by atoms with Crippen molar-refractivity contribution in [1.29, 1.82) is 0 Å². The Morgan fingerprint density at radius 2 is 2.29 bits per heavy atom. The fourth-order valence-electron chi connectivity index (χ4n) is 1.33. The minimum absolute atomic E-state index is 0.265. The van der Waals surface area contributed by atoms with E-state index < -0.39 is 0 Å². The predicted octanol–water partition coefficient (Wildman–Crippen LogP) is 2.05. The van der Waals surface area contributed by atoms with Crippen LogP contribution in [-0.4, -0.2) is 22.2 Å². The summed E-state index contributed by atoms with van der Waals surface area (Å²) in [4.78, 5) is 7.87. The van der Waals surface area contributed by atoms with Crippen molar-refractivity contribution in [2.45, 2.75) is 13.5 Å². The SMILES string of the molecule is COc1c(Cl)ncnc1NCc1cc(C)on1. The van der Waals surface area contributed by atoms with Crippen molar-refractivity contribution in [2.24, 2.45) is 0 Å². The number of anilines is 1. The van der Waals surface area contributed by atoms with E-state index in [1.54, 1.807) is 0 Å². The third kappa shape index (κ3) is 2.65. The lowest BCUT2D eigenvalue weighted by molar-refractivity contribution is 0.391. The van der Waals surface area contributed by atoms with E-state index >= 15 is 0 Å². The van der Waals surface area contributed by atoms with Crippen molar-refractivity contribution >= 4 is 17.4 Å². The van der Waals surface area contributed by atoms with E-state index in [0.29, 0.717) is 18.1 Å². The molecule has 0 aliphatic heterocycles. The molecule has 2 aromatic rings. The van der Waals surface area contributed by atoms with Gasteiger partial charge in [0.05, 0.1) is 13.7 Å². The highest BCUT2D eigenvalue weighted by molar-refractivity contribution is 6.31. The highest BCUT2D eigenvalue weighted by atomic mass is 35.5. The van der Waals surface area contributed by atoms with Gasteiger partial charge in [0.25, 0.3) is 0 Å². The second-order valence-electron chi connectivity index (χ2n) is 3.33. The van der Waals surface area contributed by atoms with Crippen LogP contribution >= 0.6 is 11.6 Å². The normalized spacial score (nSPS) is 10.3. The quantitative estimate of drug-likeness (QED) is 0.842. The molecule has 0 radical (unpaired) electrons. The maximum absolute atomic E-state index is 5.87. The molecular formula is C10H11ClN4O2. The zero-order valence-electron chi connectivity index (χ0n) is 9.40. The molecule has 0 aliphatic carbocycles. The van der Waals surface area contributed by atoms with Crippen LogP contribution in [0.4, 0.5) is 5.82 Å². The average molecular weight is 255 g/mol. The summed E-state index contributed by atoms with van der Waals surface area (Å²) in [6.45, 7) is 2.31. The lowest BCUT2D eigenvalue weighted by Gasteiger charge is -2.08. The van der Waals surface area contributed by atoms with E-state index in [1.807, 2.05) is 13.0 Å². The Labute approximate surface area is 103 Å². The molecule has 0 saturated carbocycles. The molecule has 0 unspecified atom stereocenters. The Kier molecular flexibility index (Phi) is 3.43. The number of nitrogens with one attached hydrogen (secondary N) is 1. The van der Waals surface area contributed by atoms with Gasteiger partial charge in [-0.05, 0) is 6.92 Å². The number of halogens is 1. The van der Waals surface area contributed by atoms with Gasteiger partial charge in [-0.25, -0.2) is 9.97 Å². The van der Waals surface area contributed by atoms with Crippen LogP contribution in [0.5, 0.6) is 5.75 Å². The molecule has 0 amide bonds. The average Bonchev–Trinajstić information content (AvgIpc) is 2.72. The molecule has 17 heavy (non-hydrogen) atoms. The van der Waals surface area contributed by atoms with E-state index in [1.165, 1.54) is 13.4 Å². The van der Waals surface area contributed by atoms with Gasteiger partial charge < -0.3 is 14.6 Å². The minimum Gasteiger partial charge on any atom is -0.490 e. The van der Waals surface area contributed by atoms with Crippen molar-refractivity contribution in [1.82, 2.24) is 15.1 Å². The van der Waals surface area contributed by atoms with Gasteiger partial charge in [0.1, 0.15) is 17.8 Å². The van der Waals surface area contributed by atoms with Gasteiger partial charge in [0.2, 0.25) is 0 Å². The van der Waals surface area contributed by atoms with Crippen molar-refractivity contribution < 1.29 is 9.26 Å². The number of aryl methyl sites for hydroxylation is 1. The molecular weight excluding hydrogens is 244 g/mol. The topological polar surface area (TPSA) is 73.1 Å². The van der Waals surface area contributed by atoms with Crippen molar-refractivity contribution in [2.75, 3.05) is 12.4 Å². The lowest BCUT2D eigenvalue weighted by atomic mass is 10.4. The van der Waals surface area contributed by atoms with Crippen LogP contribution in [-0.2, 0) is 6.54 Å². The fraction of sp³-hybridized carbons (Fsp3) is 0.300. The number of aromatic nitrogens is 3. The second kappa shape index (κ2) is 5.01. The van der Waals surface area contributed by atoms with Crippen LogP contribution in [0.1, 0.15) is 11.5 Å². The van der Waals surface area contributed by atoms with Gasteiger partial charge in [0, 0.05) is 6.07 Å². The van der Waals surface area contributed by atoms with Crippen molar-refractivity contribution in [3.05, 3.63) is 29.0 Å². The summed E-state index contributed by atoms with van der Waals surface area (Å²) in [6, 6.07) is 1.84. The summed E-state index contributed by atoms with van der Waals surface area (Å²) in [5.74, 6) is 1.69. The van der Waals surface area contributed by atoms with Gasteiger partial charge in [-0.15, -0.1) is 0 Å². The molecule has 90 valence electrons. The minimum atomic E-state index is 0.265. The maximum atomic E-state index is 5.87. The Morgan fingerprint density at radius 3 is 2.94 bits per heavy atom. The summed E-state index contributed by atoms with van der Waals surface area (Å²) in [6.07, 6.45) is 1.36. The summed E-state index contributed by atoms with van der Waals surface area (Å²) in [7, 11) is 1.51. The summed E-state index contributed by atoms with van der Waals surface area (Å²) in [5, 5.41) is 7.17. The first-order valence-corrected chi connectivity index (χ1v) is 5.29. The fourth-order valence-corrected chi connectivity index (χ4v) is 1.54. The Bertz CT molecular complexity index is 515. The van der Waals surface area contributed by atoms with E-state index in [4.69, 9.17) is 20.9 Å². The first-order valence-electron chi connectivity index (χ1n) is 4.91. The molecule has 6 nitrogen and oxygen atoms in total. The Morgan fingerprint density at radius 1 is 1.47 bits per heavy atom. The van der Waals surface area contributed by atoms with Gasteiger partial charge in [0.15, 0.2) is 16.7 Å². The van der Waals surface area contributed by atoms with Crippen LogP contribution in [0, 0.1) is 6.92 Å². The molecule has 0 fully saturated rings. The van der Waals surface area contributed by atoms with Crippen LogP contribution in [0.3, 0.4) is 0 Å². The molecule has 7 heteroatoms. The Balaban J connectivity index is 2.11. The smallest absolute Gasteiger partial charge is 0.198 e. The highest BCUT2D eigenvalue weighted by Gasteiger charge is 2.10. The van der Waals surface area contributed by atoms with Gasteiger partial charge in [-0.1, -0.05) is 16.8 Å². The summed E-state index contributed by atoms with van der Waals surface area (Å²) < 4.78 is 10.1. The monoisotopic (exact) mass is 254 g/mol. The maximum Gasteiger partial charge on any atom is 0.198 e. The molecule has 2 rings (SSSR count). The van der Waals surface area contributed by atoms with Crippen molar-refractivity contribution in [3.63, 3.8) is 0 Å². The van der Waals surface area contributed by atoms with Crippen LogP contribution in [0.2, 0.25) is 5.15 Å². The van der Waals surface area contributed by atoms with Crippen LogP contribution < -0.4 is 10.1 Å². The lowest BCUT2D eigenvalue weighted by Crippen LogP contribution is -2.04. The predicted molar refractivity (Wildman–Crippen MR) is 62.2 cm³/mol. The number of hydrogen-bond acceptors (Lipinski definition) is 6. The van der Waals surface area contributed by atoms with Gasteiger partial charge >= 0.3 is 0 Å². The molecule has 0 aliphatic rings. The third-order valence-corrected chi connectivity index (χ3v) is 2.35. The van der Waals surface area contributed by atoms with E-state index in [0.717, 1.165) is 11.5 Å². The molecule has 1 N–H and O–H groups in total. The number of hydrogen-bond donors (Lipinski definition) is 1. The zero-order valence-corrected chi connectivity index (χ0v) is 10.2. The Hall–Kier alpha value is -1.82. The third-order valence-electron chi connectivity index (χ3n) is 2.08. The highest BCUT2D eigenvalue weighted by Crippen LogP contribution is 2.28. The largest absolute Gasteiger partial charge is 0.490 e. The first-order chi connectivity index (χ1) is 8.20. The van der Waals surface area contributed by atoms with Crippen molar-refractivity contribution in [3.8, 4) is 5.75 Å². The van der Waals surface area contributed by atoms with Crippen LogP contribution in [0.25, 0.3) is 0 Å². The van der Waals surface area contributed by atoms with E-state index in [2.05, 4.69) is 20.4 Å². The first kappa shape index (κ1) is 11.7. The standard InChI is InChI=1S/C10H11ClN4O2/c1-6-3-7(15-17-6)4-12-10-8(16-2)9(11)13-5-14-10/h3,5H,4H2,1-2H3,(H,12,13,14). The summed E-state index contributed by atoms with van der Waals surface area (Å²) >= 11 is 5.87. The van der Waals surface area contributed by atoms with Gasteiger partial charge in [-0.3, -0.25) is 0 Å². The molecule has 2 aromatic heterocycles. The number of rotatable bonds is 4. The molecule has 0 aromatic carbocycles. The number of methoxy groups -OCH3 is 1. The second-order valence-corrected chi connectivity index (χ2v) is 3.69. The summed E-state index contributed by atoms with van der Waals surface area (Å²) in [5.41, 5.74) is 0.777. The van der Waals surface area contributed by atoms with Crippen LogP contribution in [0.15, 0.2) is 16.9 Å².